The monoisotopic (exact) mass is 1450 g/mol. The number of carbonyl (C=O) groups excluding carboxylic acids is 4. The van der Waals surface area contributed by atoms with Gasteiger partial charge in [0.2, 0.25) is 0 Å². The van der Waals surface area contributed by atoms with Crippen LogP contribution in [0.3, 0.4) is 0 Å². The normalized spacial score (nSPS) is 14.3. The number of rotatable bonds is 76. The zero-order chi connectivity index (χ0) is 73.2. The summed E-state index contributed by atoms with van der Waals surface area (Å²) in [6.45, 7) is 4.81. The molecule has 2 unspecified atom stereocenters. The molecule has 0 aliphatic carbocycles. The van der Waals surface area contributed by atoms with Crippen LogP contribution in [-0.4, -0.2) is 96.7 Å². The van der Waals surface area contributed by atoms with E-state index in [1.165, 1.54) is 154 Å². The summed E-state index contributed by atoms with van der Waals surface area (Å²) < 4.78 is 68.5. The van der Waals surface area contributed by atoms with E-state index in [0.29, 0.717) is 32.1 Å². The van der Waals surface area contributed by atoms with Crippen LogP contribution < -0.4 is 0 Å². The molecule has 17 nitrogen and oxygen atoms in total. The van der Waals surface area contributed by atoms with Crippen LogP contribution in [0.5, 0.6) is 0 Å². The summed E-state index contributed by atoms with van der Waals surface area (Å²) in [5.74, 6) is -2.23. The SMILES string of the molecule is CCCCC/C=C\C/C=C\C/C=C\C/C=C\CCCC(=O)O[C@H](COC(=O)CCCCCCCCCCCCCCC)COP(=O)(O)OC[C@H](O)COP(=O)(O)OC[C@@H](COC(=O)CCCCCCCCC/C=C\CCCCCC)OC(=O)CCCCCCC/C=C\CCCCCCCC. The lowest BCUT2D eigenvalue weighted by Gasteiger charge is -2.21. The Hall–Kier alpha value is -3.50. The molecule has 0 fully saturated rings. The number of aliphatic hydroxyl groups excluding tert-OH is 1. The van der Waals surface area contributed by atoms with Crippen LogP contribution in [-0.2, 0) is 65.4 Å². The highest BCUT2D eigenvalue weighted by atomic mass is 31.2. The number of phosphoric acid groups is 2. The average molecular weight is 1450 g/mol. The van der Waals surface area contributed by atoms with Gasteiger partial charge >= 0.3 is 39.5 Å². The minimum absolute atomic E-state index is 0.0230. The molecule has 3 N–H and O–H groups in total. The molecule has 0 aliphatic heterocycles. The Morgan fingerprint density at radius 2 is 0.500 bits per heavy atom. The van der Waals surface area contributed by atoms with Gasteiger partial charge in [-0.3, -0.25) is 37.3 Å². The fourth-order valence-electron chi connectivity index (χ4n) is 11.0. The van der Waals surface area contributed by atoms with Gasteiger partial charge < -0.3 is 33.8 Å². The summed E-state index contributed by atoms with van der Waals surface area (Å²) in [6.07, 6.45) is 74.5. The van der Waals surface area contributed by atoms with Crippen molar-refractivity contribution < 1.29 is 80.2 Å². The number of aliphatic hydroxyl groups is 1. The lowest BCUT2D eigenvalue weighted by atomic mass is 10.0. The minimum atomic E-state index is -4.98. The highest BCUT2D eigenvalue weighted by Crippen LogP contribution is 2.45. The molecule has 0 amide bonds. The van der Waals surface area contributed by atoms with Crippen LogP contribution in [0.1, 0.15) is 362 Å². The average Bonchev–Trinajstić information content (AvgIpc) is 1.13. The molecular formula is C81H146O17P2. The van der Waals surface area contributed by atoms with Crippen molar-refractivity contribution in [3.63, 3.8) is 0 Å². The molecule has 0 aliphatic rings. The standard InChI is InChI=1S/C81H146O17P2/c1-5-9-13-17-21-25-29-33-36-37-40-44-48-52-56-60-64-68-81(86)98-76(71-91-78(83)65-61-57-53-49-45-41-32-28-24-20-16-12-8-4)73-95-99(87,88)93-69-75(82)70-94-100(89,90)96-74-77(97-80(85)67-63-59-55-51-47-43-39-35-31-27-23-19-15-11-7-3)72-92-79(84)66-62-58-54-50-46-42-38-34-30-26-22-18-14-10-6-2/h21,25-26,30,33,35-36,39-40,44,52,56,75-77,82H,5-20,22-24,27-29,31-32,34,37-38,41-43,45-51,53-55,57-74H2,1-4H3,(H,87,88)(H,89,90)/b25-21-,30-26-,36-33-,39-35-,44-40-,56-52-/t75-,76+,77+/m0/s1. The lowest BCUT2D eigenvalue weighted by molar-refractivity contribution is -0.161. The van der Waals surface area contributed by atoms with Crippen LogP contribution in [0.15, 0.2) is 72.9 Å². The third kappa shape index (κ3) is 72.8. The molecular weight excluding hydrogens is 1310 g/mol. The molecule has 0 rings (SSSR count). The summed E-state index contributed by atoms with van der Waals surface area (Å²) in [5.41, 5.74) is 0. The number of hydrogen-bond donors (Lipinski definition) is 3. The highest BCUT2D eigenvalue weighted by molar-refractivity contribution is 7.47. The maximum Gasteiger partial charge on any atom is 0.472 e. The maximum atomic E-state index is 13.1. The Kier molecular flexibility index (Phi) is 71.2. The van der Waals surface area contributed by atoms with E-state index in [2.05, 4.69) is 88.5 Å². The molecule has 0 bridgehead atoms. The summed E-state index contributed by atoms with van der Waals surface area (Å²) in [6, 6.07) is 0. The van der Waals surface area contributed by atoms with Crippen molar-refractivity contribution in [2.75, 3.05) is 39.6 Å². The van der Waals surface area contributed by atoms with Crippen LogP contribution in [0.25, 0.3) is 0 Å². The van der Waals surface area contributed by atoms with Crippen LogP contribution in [0.4, 0.5) is 0 Å². The van der Waals surface area contributed by atoms with Crippen molar-refractivity contribution >= 4 is 39.5 Å². The Morgan fingerprint density at radius 1 is 0.280 bits per heavy atom. The van der Waals surface area contributed by atoms with E-state index in [9.17, 15) is 43.2 Å². The second-order valence-electron chi connectivity index (χ2n) is 27.0. The number of carbonyl (C=O) groups is 4. The van der Waals surface area contributed by atoms with Crippen molar-refractivity contribution in [3.05, 3.63) is 72.9 Å². The fourth-order valence-corrected chi connectivity index (χ4v) is 12.5. The first-order valence-electron chi connectivity index (χ1n) is 40.2. The zero-order valence-corrected chi connectivity index (χ0v) is 65.4. The summed E-state index contributed by atoms with van der Waals surface area (Å²) in [7, 11) is -9.96. The maximum absolute atomic E-state index is 13.1. The molecule has 0 spiro atoms. The van der Waals surface area contributed by atoms with Crippen LogP contribution >= 0.6 is 15.6 Å². The van der Waals surface area contributed by atoms with Gasteiger partial charge in [-0.15, -0.1) is 0 Å². The minimum Gasteiger partial charge on any atom is -0.462 e. The van der Waals surface area contributed by atoms with Gasteiger partial charge in [-0.2, -0.15) is 0 Å². The second-order valence-corrected chi connectivity index (χ2v) is 29.9. The van der Waals surface area contributed by atoms with Crippen molar-refractivity contribution in [3.8, 4) is 0 Å². The quantitative estimate of drug-likeness (QED) is 0.0169. The smallest absolute Gasteiger partial charge is 0.462 e. The van der Waals surface area contributed by atoms with E-state index >= 15 is 0 Å². The lowest BCUT2D eigenvalue weighted by Crippen LogP contribution is -2.30. The second kappa shape index (κ2) is 73.8. The molecule has 0 heterocycles. The van der Waals surface area contributed by atoms with Gasteiger partial charge in [-0.05, 0) is 116 Å². The molecule has 100 heavy (non-hydrogen) atoms. The number of hydrogen-bond acceptors (Lipinski definition) is 15. The number of phosphoric ester groups is 2. The van der Waals surface area contributed by atoms with Gasteiger partial charge in [0.25, 0.3) is 0 Å². The van der Waals surface area contributed by atoms with Gasteiger partial charge in [-0.25, -0.2) is 9.13 Å². The van der Waals surface area contributed by atoms with E-state index in [1.807, 2.05) is 12.2 Å². The van der Waals surface area contributed by atoms with Gasteiger partial charge in [0.15, 0.2) is 12.2 Å². The Bertz CT molecular complexity index is 2180. The van der Waals surface area contributed by atoms with E-state index in [-0.39, 0.29) is 25.7 Å². The van der Waals surface area contributed by atoms with E-state index < -0.39 is 97.5 Å². The zero-order valence-electron chi connectivity index (χ0n) is 63.6. The Morgan fingerprint density at radius 3 is 0.830 bits per heavy atom. The molecule has 0 aromatic carbocycles. The van der Waals surface area contributed by atoms with Crippen LogP contribution in [0.2, 0.25) is 0 Å². The summed E-state index contributed by atoms with van der Waals surface area (Å²) in [5, 5.41) is 10.6. The summed E-state index contributed by atoms with van der Waals surface area (Å²) >= 11 is 0. The Balaban J connectivity index is 5.38. The van der Waals surface area contributed by atoms with Gasteiger partial charge in [0.1, 0.15) is 19.3 Å². The molecule has 0 saturated heterocycles. The van der Waals surface area contributed by atoms with Crippen molar-refractivity contribution in [2.45, 2.75) is 380 Å². The van der Waals surface area contributed by atoms with E-state index in [1.54, 1.807) is 0 Å². The first-order chi connectivity index (χ1) is 48.7. The van der Waals surface area contributed by atoms with Gasteiger partial charge in [0.05, 0.1) is 26.4 Å². The predicted molar refractivity (Wildman–Crippen MR) is 409 cm³/mol. The van der Waals surface area contributed by atoms with Crippen molar-refractivity contribution in [1.29, 1.82) is 0 Å². The molecule has 582 valence electrons. The van der Waals surface area contributed by atoms with Gasteiger partial charge in [0, 0.05) is 25.7 Å². The number of unbranched alkanes of at least 4 members (excludes halogenated alkanes) is 38. The third-order valence-electron chi connectivity index (χ3n) is 17.1. The topological polar surface area (TPSA) is 237 Å². The molecule has 19 heteroatoms. The number of esters is 4. The fraction of sp³-hybridized carbons (Fsp3) is 0.802. The summed E-state index contributed by atoms with van der Waals surface area (Å²) in [4.78, 5) is 72.9. The molecule has 0 radical (unpaired) electrons. The number of allylic oxidation sites excluding steroid dienone is 12. The van der Waals surface area contributed by atoms with Crippen molar-refractivity contribution in [1.82, 2.24) is 0 Å². The number of ether oxygens (including phenoxy) is 4. The molecule has 0 aromatic heterocycles. The molecule has 0 saturated carbocycles. The van der Waals surface area contributed by atoms with E-state index in [4.69, 9.17) is 37.0 Å². The highest BCUT2D eigenvalue weighted by Gasteiger charge is 2.30. The van der Waals surface area contributed by atoms with Gasteiger partial charge in [-0.1, -0.05) is 293 Å². The molecule has 0 aromatic rings. The van der Waals surface area contributed by atoms with Crippen LogP contribution in [0, 0.1) is 0 Å². The molecule has 5 atom stereocenters. The Labute approximate surface area is 609 Å². The predicted octanol–water partition coefficient (Wildman–Crippen LogP) is 23.2. The van der Waals surface area contributed by atoms with Crippen molar-refractivity contribution in [2.24, 2.45) is 0 Å². The first kappa shape index (κ1) is 96.5. The van der Waals surface area contributed by atoms with E-state index in [0.717, 1.165) is 122 Å². The largest absolute Gasteiger partial charge is 0.472 e. The first-order valence-corrected chi connectivity index (χ1v) is 43.2. The third-order valence-corrected chi connectivity index (χ3v) is 19.0.